The lowest BCUT2D eigenvalue weighted by Gasteiger charge is -2.33. The Morgan fingerprint density at radius 1 is 0.949 bits per heavy atom. The number of amides is 2. The second-order valence-electron chi connectivity index (χ2n) is 9.29. The molecule has 3 aromatic rings. The molecule has 3 rings (SSSR count). The SMILES string of the molecule is CCNC(=O)[C@H](CC)N(Cc1ccccc1C)C(=O)CN(c1cccc(OC)c1)S(=O)(=O)c1ccc(C)cc1. The van der Waals surface area contributed by atoms with Crippen molar-refractivity contribution >= 4 is 27.5 Å². The molecule has 0 saturated heterocycles. The fourth-order valence-corrected chi connectivity index (χ4v) is 5.72. The molecule has 8 nitrogen and oxygen atoms in total. The molecule has 0 aromatic heterocycles. The van der Waals surface area contributed by atoms with E-state index in [0.717, 1.165) is 21.0 Å². The number of hydrogen-bond acceptors (Lipinski definition) is 5. The van der Waals surface area contributed by atoms with Gasteiger partial charge in [-0.1, -0.05) is 55.0 Å². The summed E-state index contributed by atoms with van der Waals surface area (Å²) < 4.78 is 34.3. The standard InChI is InChI=1S/C30H37N3O5S/c1-6-28(30(35)31-7-2)32(20-24-12-9-8-11-23(24)4)29(34)21-33(25-13-10-14-26(19-25)38-5)39(36,37)27-17-15-22(3)16-18-27/h8-19,28H,6-7,20-21H2,1-5H3,(H,31,35)/t28-/m0/s1. The van der Waals surface area contributed by atoms with Crippen LogP contribution in [-0.4, -0.2) is 51.4 Å². The highest BCUT2D eigenvalue weighted by molar-refractivity contribution is 7.92. The minimum absolute atomic E-state index is 0.0601. The van der Waals surface area contributed by atoms with Crippen molar-refractivity contribution in [2.24, 2.45) is 0 Å². The smallest absolute Gasteiger partial charge is 0.264 e. The van der Waals surface area contributed by atoms with Gasteiger partial charge >= 0.3 is 0 Å². The first kappa shape index (κ1) is 29.7. The van der Waals surface area contributed by atoms with Crippen molar-refractivity contribution in [3.05, 3.63) is 89.5 Å². The molecule has 0 radical (unpaired) electrons. The Hall–Kier alpha value is -3.85. The molecule has 0 unspecified atom stereocenters. The van der Waals surface area contributed by atoms with E-state index in [1.165, 1.54) is 24.1 Å². The Morgan fingerprint density at radius 3 is 2.26 bits per heavy atom. The van der Waals surface area contributed by atoms with E-state index in [9.17, 15) is 18.0 Å². The maximum atomic E-state index is 14.0. The molecule has 208 valence electrons. The molecule has 0 saturated carbocycles. The molecule has 0 bridgehead atoms. The number of carbonyl (C=O) groups excluding carboxylic acids is 2. The predicted molar refractivity (Wildman–Crippen MR) is 153 cm³/mol. The van der Waals surface area contributed by atoms with Crippen molar-refractivity contribution < 1.29 is 22.7 Å². The van der Waals surface area contributed by atoms with E-state index in [-0.39, 0.29) is 23.0 Å². The van der Waals surface area contributed by atoms with Gasteiger partial charge in [-0.25, -0.2) is 8.42 Å². The highest BCUT2D eigenvalue weighted by Crippen LogP contribution is 2.28. The second kappa shape index (κ2) is 13.3. The van der Waals surface area contributed by atoms with Crippen LogP contribution in [0, 0.1) is 13.8 Å². The highest BCUT2D eigenvalue weighted by atomic mass is 32.2. The summed E-state index contributed by atoms with van der Waals surface area (Å²) in [6.45, 7) is 7.55. The van der Waals surface area contributed by atoms with Gasteiger partial charge in [0.05, 0.1) is 17.7 Å². The summed E-state index contributed by atoms with van der Waals surface area (Å²) in [5.41, 5.74) is 3.04. The number of hydrogen-bond donors (Lipinski definition) is 1. The lowest BCUT2D eigenvalue weighted by molar-refractivity contribution is -0.140. The van der Waals surface area contributed by atoms with E-state index < -0.39 is 28.5 Å². The molecule has 9 heteroatoms. The minimum Gasteiger partial charge on any atom is -0.497 e. The van der Waals surface area contributed by atoms with E-state index in [4.69, 9.17) is 4.74 Å². The van der Waals surface area contributed by atoms with Gasteiger partial charge in [-0.05, 0) is 62.6 Å². The van der Waals surface area contributed by atoms with Crippen LogP contribution in [-0.2, 0) is 26.2 Å². The first-order valence-corrected chi connectivity index (χ1v) is 14.4. The van der Waals surface area contributed by atoms with Crippen LogP contribution in [0.25, 0.3) is 0 Å². The van der Waals surface area contributed by atoms with Crippen LogP contribution in [0.15, 0.2) is 77.7 Å². The number of sulfonamides is 1. The molecule has 3 aromatic carbocycles. The van der Waals surface area contributed by atoms with Crippen LogP contribution < -0.4 is 14.4 Å². The Labute approximate surface area is 231 Å². The van der Waals surface area contributed by atoms with Crippen molar-refractivity contribution in [1.82, 2.24) is 10.2 Å². The fraction of sp³-hybridized carbons (Fsp3) is 0.333. The zero-order valence-corrected chi connectivity index (χ0v) is 24.0. The quantitative estimate of drug-likeness (QED) is 0.359. The number of methoxy groups -OCH3 is 1. The van der Waals surface area contributed by atoms with E-state index in [1.54, 1.807) is 36.4 Å². The summed E-state index contributed by atoms with van der Waals surface area (Å²) in [6, 6.07) is 19.9. The molecular weight excluding hydrogens is 514 g/mol. The van der Waals surface area contributed by atoms with Crippen molar-refractivity contribution in [3.8, 4) is 5.75 Å². The van der Waals surface area contributed by atoms with Gasteiger partial charge in [0.1, 0.15) is 18.3 Å². The van der Waals surface area contributed by atoms with Gasteiger partial charge in [0.25, 0.3) is 10.0 Å². The average molecular weight is 552 g/mol. The number of aryl methyl sites for hydroxylation is 2. The Kier molecular flexibility index (Phi) is 10.1. The molecule has 0 fully saturated rings. The average Bonchev–Trinajstić information content (AvgIpc) is 2.92. The molecule has 39 heavy (non-hydrogen) atoms. The van der Waals surface area contributed by atoms with Gasteiger partial charge in [0, 0.05) is 19.2 Å². The van der Waals surface area contributed by atoms with Crippen LogP contribution in [0.3, 0.4) is 0 Å². The maximum absolute atomic E-state index is 14.0. The third kappa shape index (κ3) is 7.17. The summed E-state index contributed by atoms with van der Waals surface area (Å²) in [5, 5.41) is 2.81. The number of benzene rings is 3. The topological polar surface area (TPSA) is 96.0 Å². The van der Waals surface area contributed by atoms with Gasteiger partial charge in [-0.15, -0.1) is 0 Å². The van der Waals surface area contributed by atoms with Gasteiger partial charge in [-0.3, -0.25) is 13.9 Å². The Balaban J connectivity index is 2.09. The summed E-state index contributed by atoms with van der Waals surface area (Å²) >= 11 is 0. The number of nitrogens with zero attached hydrogens (tertiary/aromatic N) is 2. The Bertz CT molecular complexity index is 1390. The fourth-order valence-electron chi connectivity index (χ4n) is 4.31. The zero-order valence-electron chi connectivity index (χ0n) is 23.2. The number of likely N-dealkylation sites (N-methyl/N-ethyl adjacent to an activating group) is 1. The normalized spacial score (nSPS) is 11.9. The van der Waals surface area contributed by atoms with Crippen molar-refractivity contribution in [3.63, 3.8) is 0 Å². The lowest BCUT2D eigenvalue weighted by atomic mass is 10.1. The third-order valence-electron chi connectivity index (χ3n) is 6.57. The zero-order chi connectivity index (χ0) is 28.6. The second-order valence-corrected chi connectivity index (χ2v) is 11.2. The minimum atomic E-state index is -4.14. The summed E-state index contributed by atoms with van der Waals surface area (Å²) in [6.07, 6.45) is 0.368. The first-order chi connectivity index (χ1) is 18.6. The van der Waals surface area contributed by atoms with Crippen LogP contribution in [0.2, 0.25) is 0 Å². The first-order valence-electron chi connectivity index (χ1n) is 13.0. The Morgan fingerprint density at radius 2 is 1.64 bits per heavy atom. The van der Waals surface area contributed by atoms with Crippen LogP contribution in [0.4, 0.5) is 5.69 Å². The molecule has 1 atom stereocenters. The van der Waals surface area contributed by atoms with Crippen LogP contribution in [0.5, 0.6) is 5.75 Å². The lowest BCUT2D eigenvalue weighted by Crippen LogP contribution is -2.52. The van der Waals surface area contributed by atoms with Crippen molar-refractivity contribution in [2.45, 2.75) is 51.6 Å². The van der Waals surface area contributed by atoms with E-state index in [2.05, 4.69) is 5.32 Å². The molecule has 0 heterocycles. The third-order valence-corrected chi connectivity index (χ3v) is 8.36. The number of carbonyl (C=O) groups is 2. The molecule has 0 aliphatic rings. The monoisotopic (exact) mass is 551 g/mol. The van der Waals surface area contributed by atoms with Gasteiger partial charge in [0.2, 0.25) is 11.8 Å². The summed E-state index contributed by atoms with van der Waals surface area (Å²) in [5.74, 6) is -0.319. The highest BCUT2D eigenvalue weighted by Gasteiger charge is 2.33. The van der Waals surface area contributed by atoms with Crippen LogP contribution >= 0.6 is 0 Å². The number of ether oxygens (including phenoxy) is 1. The molecule has 0 aliphatic carbocycles. The van der Waals surface area contributed by atoms with Crippen LogP contribution in [0.1, 0.15) is 37.0 Å². The largest absolute Gasteiger partial charge is 0.497 e. The van der Waals surface area contributed by atoms with Gasteiger partial charge < -0.3 is 15.0 Å². The molecule has 0 spiro atoms. The molecule has 1 N–H and O–H groups in total. The van der Waals surface area contributed by atoms with E-state index in [1.807, 2.05) is 52.0 Å². The number of anilines is 1. The number of rotatable bonds is 12. The van der Waals surface area contributed by atoms with Gasteiger partial charge in [0.15, 0.2) is 0 Å². The maximum Gasteiger partial charge on any atom is 0.264 e. The molecular formula is C30H37N3O5S. The molecule has 0 aliphatic heterocycles. The summed E-state index contributed by atoms with van der Waals surface area (Å²) in [7, 11) is -2.65. The predicted octanol–water partition coefficient (Wildman–Crippen LogP) is 4.45. The van der Waals surface area contributed by atoms with Crippen molar-refractivity contribution in [2.75, 3.05) is 24.5 Å². The number of nitrogens with one attached hydrogen (secondary N) is 1. The van der Waals surface area contributed by atoms with E-state index in [0.29, 0.717) is 18.7 Å². The summed E-state index contributed by atoms with van der Waals surface area (Å²) in [4.78, 5) is 28.6. The van der Waals surface area contributed by atoms with Crippen molar-refractivity contribution in [1.29, 1.82) is 0 Å². The molecule has 2 amide bonds. The van der Waals surface area contributed by atoms with Gasteiger partial charge in [-0.2, -0.15) is 0 Å². The van der Waals surface area contributed by atoms with E-state index >= 15 is 0 Å².